The normalized spacial score (nSPS) is 35.4. The zero-order valence-corrected chi connectivity index (χ0v) is 17.2. The van der Waals surface area contributed by atoms with Gasteiger partial charge >= 0.3 is 0 Å². The Labute approximate surface area is 168 Å². The number of amides is 2. The highest BCUT2D eigenvalue weighted by Gasteiger charge is 2.55. The lowest BCUT2D eigenvalue weighted by atomic mass is 9.49. The van der Waals surface area contributed by atoms with Crippen molar-refractivity contribution in [3.05, 3.63) is 22.6 Å². The van der Waals surface area contributed by atoms with Crippen LogP contribution < -0.4 is 0 Å². The molecule has 5 fully saturated rings. The molecule has 0 atom stereocenters. The summed E-state index contributed by atoms with van der Waals surface area (Å²) in [5.41, 5.74) is -0.0835. The molecule has 2 heterocycles. The lowest BCUT2D eigenvalue weighted by molar-refractivity contribution is -0.157. The van der Waals surface area contributed by atoms with E-state index in [1.807, 2.05) is 4.90 Å². The van der Waals surface area contributed by atoms with Crippen molar-refractivity contribution >= 4 is 27.7 Å². The Kier molecular flexibility index (Phi) is 4.37. The van der Waals surface area contributed by atoms with Crippen molar-refractivity contribution < 1.29 is 14.0 Å². The molecule has 4 aliphatic carbocycles. The van der Waals surface area contributed by atoms with E-state index < -0.39 is 0 Å². The summed E-state index contributed by atoms with van der Waals surface area (Å²) in [7, 11) is 0. The van der Waals surface area contributed by atoms with E-state index in [1.54, 1.807) is 12.1 Å². The summed E-state index contributed by atoms with van der Waals surface area (Å²) in [6, 6.07) is 3.45. The van der Waals surface area contributed by atoms with Gasteiger partial charge in [0.2, 0.25) is 5.91 Å². The van der Waals surface area contributed by atoms with Gasteiger partial charge in [0.25, 0.3) is 5.91 Å². The second-order valence-electron chi connectivity index (χ2n) is 9.24. The average molecular weight is 435 g/mol. The topological polar surface area (TPSA) is 53.8 Å². The van der Waals surface area contributed by atoms with Crippen molar-refractivity contribution in [1.29, 1.82) is 0 Å². The lowest BCUT2D eigenvalue weighted by Gasteiger charge is -2.56. The fourth-order valence-corrected chi connectivity index (χ4v) is 6.92. The number of halogens is 1. The van der Waals surface area contributed by atoms with E-state index in [0.29, 0.717) is 36.0 Å². The Morgan fingerprint density at radius 3 is 2.11 bits per heavy atom. The minimum absolute atomic E-state index is 0.0789. The summed E-state index contributed by atoms with van der Waals surface area (Å²) in [5.74, 6) is 3.01. The molecule has 27 heavy (non-hydrogen) atoms. The van der Waals surface area contributed by atoms with Gasteiger partial charge in [0.15, 0.2) is 10.4 Å². The predicted octanol–water partition coefficient (Wildman–Crippen LogP) is 3.93. The van der Waals surface area contributed by atoms with Gasteiger partial charge in [0.1, 0.15) is 0 Å². The standard InChI is InChI=1S/C21H27BrN2O3/c22-18-3-2-17(27-18)19(25)23-4-1-5-24(7-6-23)20(26)21-11-14-8-15(12-21)10-16(9-14)13-21/h2-3,14-16H,1,4-13H2. The third kappa shape index (κ3) is 3.14. The van der Waals surface area contributed by atoms with Gasteiger partial charge in [-0.1, -0.05) is 0 Å². The molecule has 2 amide bonds. The molecule has 0 aromatic carbocycles. The van der Waals surface area contributed by atoms with Crippen LogP contribution in [0.1, 0.15) is 55.5 Å². The number of nitrogens with zero attached hydrogens (tertiary/aromatic N) is 2. The highest BCUT2D eigenvalue weighted by Crippen LogP contribution is 2.60. The molecule has 5 nitrogen and oxygen atoms in total. The van der Waals surface area contributed by atoms with Gasteiger partial charge in [-0.05, 0) is 90.8 Å². The molecular weight excluding hydrogens is 408 g/mol. The monoisotopic (exact) mass is 434 g/mol. The van der Waals surface area contributed by atoms with Gasteiger partial charge in [-0.15, -0.1) is 0 Å². The zero-order chi connectivity index (χ0) is 18.6. The first-order chi connectivity index (χ1) is 13.0. The Morgan fingerprint density at radius 2 is 1.52 bits per heavy atom. The molecule has 1 aromatic rings. The van der Waals surface area contributed by atoms with Crippen LogP contribution in [0, 0.1) is 23.2 Å². The molecule has 5 aliphatic rings. The Balaban J connectivity index is 1.27. The summed E-state index contributed by atoms with van der Waals surface area (Å²) in [4.78, 5) is 30.1. The molecule has 1 aromatic heterocycles. The van der Waals surface area contributed by atoms with Crippen LogP contribution in [0.4, 0.5) is 0 Å². The second kappa shape index (κ2) is 6.64. The lowest BCUT2D eigenvalue weighted by Crippen LogP contribution is -2.55. The van der Waals surface area contributed by atoms with E-state index in [-0.39, 0.29) is 11.3 Å². The SMILES string of the molecule is O=C(c1ccc(Br)o1)N1CCCN(C(=O)C23CC4CC(CC(C4)C2)C3)CC1. The van der Waals surface area contributed by atoms with Crippen LogP contribution in [0.25, 0.3) is 0 Å². The average Bonchev–Trinajstić information content (AvgIpc) is 2.92. The van der Waals surface area contributed by atoms with Gasteiger partial charge in [-0.2, -0.15) is 0 Å². The zero-order valence-electron chi connectivity index (χ0n) is 15.7. The number of furan rings is 1. The van der Waals surface area contributed by atoms with Gasteiger partial charge in [-0.25, -0.2) is 0 Å². The number of hydrogen-bond acceptors (Lipinski definition) is 3. The molecular formula is C21H27BrN2O3. The van der Waals surface area contributed by atoms with Crippen molar-refractivity contribution in [2.75, 3.05) is 26.2 Å². The van der Waals surface area contributed by atoms with E-state index in [9.17, 15) is 9.59 Å². The van der Waals surface area contributed by atoms with Crippen LogP contribution in [0.5, 0.6) is 0 Å². The quantitative estimate of drug-likeness (QED) is 0.708. The van der Waals surface area contributed by atoms with Gasteiger partial charge < -0.3 is 14.2 Å². The van der Waals surface area contributed by atoms with Crippen molar-refractivity contribution in [1.82, 2.24) is 9.80 Å². The largest absolute Gasteiger partial charge is 0.444 e. The number of carbonyl (C=O) groups excluding carboxylic acids is 2. The van der Waals surface area contributed by atoms with Crippen LogP contribution >= 0.6 is 15.9 Å². The molecule has 1 aliphatic heterocycles. The predicted molar refractivity (Wildman–Crippen MR) is 104 cm³/mol. The van der Waals surface area contributed by atoms with Crippen molar-refractivity contribution in [2.45, 2.75) is 44.9 Å². The maximum Gasteiger partial charge on any atom is 0.289 e. The first kappa shape index (κ1) is 17.8. The van der Waals surface area contributed by atoms with Crippen LogP contribution in [-0.4, -0.2) is 47.8 Å². The second-order valence-corrected chi connectivity index (χ2v) is 10.0. The summed E-state index contributed by atoms with van der Waals surface area (Å²) in [6.45, 7) is 2.69. The molecule has 0 unspecified atom stereocenters. The summed E-state index contributed by atoms with van der Waals surface area (Å²) in [5, 5.41) is 0. The van der Waals surface area contributed by atoms with Gasteiger partial charge in [0, 0.05) is 26.2 Å². The van der Waals surface area contributed by atoms with Crippen LogP contribution in [0.3, 0.4) is 0 Å². The van der Waals surface area contributed by atoms with Gasteiger partial charge in [-0.3, -0.25) is 9.59 Å². The molecule has 0 radical (unpaired) electrons. The molecule has 1 saturated heterocycles. The van der Waals surface area contributed by atoms with E-state index >= 15 is 0 Å². The first-order valence-corrected chi connectivity index (χ1v) is 11.2. The number of rotatable bonds is 2. The molecule has 4 bridgehead atoms. The Bertz CT molecular complexity index is 723. The van der Waals surface area contributed by atoms with Crippen LogP contribution in [0.2, 0.25) is 0 Å². The minimum atomic E-state index is -0.0835. The molecule has 6 heteroatoms. The van der Waals surface area contributed by atoms with Crippen LogP contribution in [0.15, 0.2) is 21.2 Å². The highest BCUT2D eigenvalue weighted by atomic mass is 79.9. The Morgan fingerprint density at radius 1 is 0.926 bits per heavy atom. The fourth-order valence-electron chi connectivity index (χ4n) is 6.62. The van der Waals surface area contributed by atoms with Gasteiger partial charge in [0.05, 0.1) is 5.41 Å². The van der Waals surface area contributed by atoms with Crippen LogP contribution in [-0.2, 0) is 4.79 Å². The maximum atomic E-state index is 13.6. The molecule has 0 spiro atoms. The minimum Gasteiger partial charge on any atom is -0.444 e. The Hall–Kier alpha value is -1.30. The first-order valence-electron chi connectivity index (χ1n) is 10.4. The summed E-state index contributed by atoms with van der Waals surface area (Å²) in [6.07, 6.45) is 8.23. The highest BCUT2D eigenvalue weighted by molar-refractivity contribution is 9.10. The fraction of sp³-hybridized carbons (Fsp3) is 0.714. The van der Waals surface area contributed by atoms with Crippen molar-refractivity contribution in [3.63, 3.8) is 0 Å². The van der Waals surface area contributed by atoms with E-state index in [4.69, 9.17) is 4.42 Å². The van der Waals surface area contributed by atoms with E-state index in [2.05, 4.69) is 20.8 Å². The smallest absolute Gasteiger partial charge is 0.289 e. The molecule has 146 valence electrons. The maximum absolute atomic E-state index is 13.6. The molecule has 0 N–H and O–H groups in total. The molecule has 6 rings (SSSR count). The third-order valence-electron chi connectivity index (χ3n) is 7.35. The molecule has 4 saturated carbocycles. The van der Waals surface area contributed by atoms with Crippen molar-refractivity contribution in [3.8, 4) is 0 Å². The number of hydrogen-bond donors (Lipinski definition) is 0. The third-order valence-corrected chi connectivity index (χ3v) is 7.77. The summed E-state index contributed by atoms with van der Waals surface area (Å²) >= 11 is 3.25. The number of carbonyl (C=O) groups is 2. The van der Waals surface area contributed by atoms with E-state index in [0.717, 1.165) is 50.0 Å². The summed E-state index contributed by atoms with van der Waals surface area (Å²) < 4.78 is 5.99. The van der Waals surface area contributed by atoms with E-state index in [1.165, 1.54) is 19.3 Å². The van der Waals surface area contributed by atoms with Crippen molar-refractivity contribution in [2.24, 2.45) is 23.2 Å².